The van der Waals surface area contributed by atoms with E-state index in [-0.39, 0.29) is 17.4 Å². The van der Waals surface area contributed by atoms with Crippen LogP contribution in [0, 0.1) is 6.92 Å². The second-order valence-corrected chi connectivity index (χ2v) is 5.60. The molecular weight excluding hydrogens is 268 g/mol. The number of rotatable bonds is 5. The van der Waals surface area contributed by atoms with Crippen molar-refractivity contribution in [1.82, 2.24) is 9.71 Å². The number of carbonyl (C=O) groups is 1. The van der Waals surface area contributed by atoms with E-state index in [2.05, 4.69) is 9.71 Å². The zero-order valence-corrected chi connectivity index (χ0v) is 11.0. The van der Waals surface area contributed by atoms with Crippen molar-refractivity contribution in [3.63, 3.8) is 0 Å². The number of sulfonamides is 1. The van der Waals surface area contributed by atoms with Crippen LogP contribution in [0.15, 0.2) is 40.0 Å². The summed E-state index contributed by atoms with van der Waals surface area (Å²) in [6, 6.07) is 6.11. The fourth-order valence-electron chi connectivity index (χ4n) is 1.39. The van der Waals surface area contributed by atoms with Crippen molar-refractivity contribution >= 4 is 16.3 Å². The molecule has 0 bridgehead atoms. The predicted molar refractivity (Wildman–Crippen MR) is 67.1 cm³/mol. The summed E-state index contributed by atoms with van der Waals surface area (Å²) in [5.41, 5.74) is 1.59. The standard InChI is InChI=1S/C12H12N2O4S/c1-9-2-3-10(6-13-9)7-14-19(16,17)12-5-4-11(8-15)18-12/h2-6,8,14H,7H2,1H3. The SMILES string of the molecule is Cc1ccc(CNS(=O)(=O)c2ccc(C=O)o2)cn1. The van der Waals surface area contributed by atoms with Crippen molar-refractivity contribution in [3.8, 4) is 0 Å². The third-order valence-corrected chi connectivity index (χ3v) is 3.70. The van der Waals surface area contributed by atoms with Crippen LogP contribution in [-0.4, -0.2) is 19.7 Å². The zero-order valence-electron chi connectivity index (χ0n) is 10.2. The molecule has 0 aliphatic heterocycles. The third-order valence-electron chi connectivity index (χ3n) is 2.42. The molecule has 1 N–H and O–H groups in total. The Morgan fingerprint density at radius 2 is 2.11 bits per heavy atom. The first-order valence-electron chi connectivity index (χ1n) is 5.47. The zero-order chi connectivity index (χ0) is 13.9. The van der Waals surface area contributed by atoms with Crippen molar-refractivity contribution in [1.29, 1.82) is 0 Å². The smallest absolute Gasteiger partial charge is 0.274 e. The first-order chi connectivity index (χ1) is 9.01. The minimum Gasteiger partial charge on any atom is -0.440 e. The number of hydrogen-bond acceptors (Lipinski definition) is 5. The Morgan fingerprint density at radius 3 is 2.68 bits per heavy atom. The molecule has 0 amide bonds. The summed E-state index contributed by atoms with van der Waals surface area (Å²) in [6.07, 6.45) is 2.04. The Balaban J connectivity index is 2.09. The van der Waals surface area contributed by atoms with Gasteiger partial charge in [-0.1, -0.05) is 6.07 Å². The van der Waals surface area contributed by atoms with Crippen LogP contribution in [-0.2, 0) is 16.6 Å². The number of nitrogens with one attached hydrogen (secondary N) is 1. The molecule has 0 saturated carbocycles. The average Bonchev–Trinajstić information content (AvgIpc) is 2.88. The quantitative estimate of drug-likeness (QED) is 0.833. The number of hydrogen-bond donors (Lipinski definition) is 1. The first kappa shape index (κ1) is 13.4. The topological polar surface area (TPSA) is 89.3 Å². The van der Waals surface area contributed by atoms with Gasteiger partial charge in [0.05, 0.1) is 0 Å². The summed E-state index contributed by atoms with van der Waals surface area (Å²) in [7, 11) is -3.76. The van der Waals surface area contributed by atoms with E-state index in [0.717, 1.165) is 11.3 Å². The van der Waals surface area contributed by atoms with Crippen LogP contribution >= 0.6 is 0 Å². The molecule has 0 aliphatic carbocycles. The monoisotopic (exact) mass is 280 g/mol. The van der Waals surface area contributed by atoms with E-state index in [0.29, 0.717) is 6.29 Å². The molecule has 2 heterocycles. The van der Waals surface area contributed by atoms with Crippen LogP contribution < -0.4 is 4.72 Å². The lowest BCUT2D eigenvalue weighted by molar-refractivity contribution is 0.109. The van der Waals surface area contributed by atoms with Crippen molar-refractivity contribution in [2.45, 2.75) is 18.6 Å². The van der Waals surface area contributed by atoms with E-state index in [1.165, 1.54) is 12.1 Å². The van der Waals surface area contributed by atoms with Crippen molar-refractivity contribution in [2.75, 3.05) is 0 Å². The lowest BCUT2D eigenvalue weighted by atomic mass is 10.2. The Labute approximate surface area is 110 Å². The maximum Gasteiger partial charge on any atom is 0.274 e. The van der Waals surface area contributed by atoms with Gasteiger partial charge in [-0.15, -0.1) is 0 Å². The lowest BCUT2D eigenvalue weighted by Gasteiger charge is -2.04. The van der Waals surface area contributed by atoms with Crippen LogP contribution in [0.5, 0.6) is 0 Å². The molecule has 0 radical (unpaired) electrons. The van der Waals surface area contributed by atoms with Gasteiger partial charge in [0.25, 0.3) is 10.0 Å². The number of aldehydes is 1. The maximum atomic E-state index is 11.9. The van der Waals surface area contributed by atoms with Gasteiger partial charge >= 0.3 is 0 Å². The van der Waals surface area contributed by atoms with Gasteiger partial charge in [-0.3, -0.25) is 9.78 Å². The number of carbonyl (C=O) groups excluding carboxylic acids is 1. The molecule has 19 heavy (non-hydrogen) atoms. The molecule has 0 saturated heterocycles. The van der Waals surface area contributed by atoms with Crippen LogP contribution in [0.4, 0.5) is 0 Å². The van der Waals surface area contributed by atoms with E-state index in [9.17, 15) is 13.2 Å². The normalized spacial score (nSPS) is 11.4. The van der Waals surface area contributed by atoms with Crippen LogP contribution in [0.25, 0.3) is 0 Å². The summed E-state index contributed by atoms with van der Waals surface area (Å²) in [6.45, 7) is 1.95. The van der Waals surface area contributed by atoms with E-state index in [1.54, 1.807) is 18.3 Å². The highest BCUT2D eigenvalue weighted by Crippen LogP contribution is 2.12. The van der Waals surface area contributed by atoms with Gasteiger partial charge < -0.3 is 4.42 Å². The number of pyridine rings is 1. The van der Waals surface area contributed by atoms with E-state index in [4.69, 9.17) is 4.42 Å². The molecule has 0 fully saturated rings. The number of nitrogens with zero attached hydrogens (tertiary/aromatic N) is 1. The summed E-state index contributed by atoms with van der Waals surface area (Å²) in [5, 5.41) is -0.283. The number of furan rings is 1. The molecular formula is C12H12N2O4S. The minimum absolute atomic E-state index is 0.0302. The summed E-state index contributed by atoms with van der Waals surface area (Å²) in [4.78, 5) is 14.5. The van der Waals surface area contributed by atoms with Crippen LogP contribution in [0.1, 0.15) is 21.8 Å². The van der Waals surface area contributed by atoms with Gasteiger partial charge in [0, 0.05) is 18.4 Å². The highest BCUT2D eigenvalue weighted by atomic mass is 32.2. The summed E-state index contributed by atoms with van der Waals surface area (Å²) >= 11 is 0. The van der Waals surface area contributed by atoms with Crippen molar-refractivity contribution in [2.24, 2.45) is 0 Å². The van der Waals surface area contributed by atoms with E-state index < -0.39 is 10.0 Å². The van der Waals surface area contributed by atoms with Crippen LogP contribution in [0.3, 0.4) is 0 Å². The highest BCUT2D eigenvalue weighted by Gasteiger charge is 2.18. The molecule has 0 atom stereocenters. The number of aromatic nitrogens is 1. The summed E-state index contributed by atoms with van der Waals surface area (Å²) < 4.78 is 31.0. The average molecular weight is 280 g/mol. The molecule has 0 spiro atoms. The van der Waals surface area contributed by atoms with Crippen molar-refractivity contribution in [3.05, 3.63) is 47.5 Å². The maximum absolute atomic E-state index is 11.9. The van der Waals surface area contributed by atoms with E-state index >= 15 is 0 Å². The lowest BCUT2D eigenvalue weighted by Crippen LogP contribution is -2.22. The predicted octanol–water partition coefficient (Wildman–Crippen LogP) is 1.27. The van der Waals surface area contributed by atoms with Crippen molar-refractivity contribution < 1.29 is 17.6 Å². The Bertz CT molecular complexity index is 674. The molecule has 2 rings (SSSR count). The van der Waals surface area contributed by atoms with E-state index in [1.807, 2.05) is 6.92 Å². The fraction of sp³-hybridized carbons (Fsp3) is 0.167. The molecule has 0 aromatic carbocycles. The second-order valence-electron chi connectivity index (χ2n) is 3.91. The second kappa shape index (κ2) is 5.33. The molecule has 2 aromatic rings. The van der Waals surface area contributed by atoms with Gasteiger partial charge in [0.2, 0.25) is 5.09 Å². The van der Waals surface area contributed by atoms with Gasteiger partial charge in [0.15, 0.2) is 12.0 Å². The third kappa shape index (κ3) is 3.27. The van der Waals surface area contributed by atoms with Gasteiger partial charge in [-0.05, 0) is 30.7 Å². The largest absolute Gasteiger partial charge is 0.440 e. The van der Waals surface area contributed by atoms with Gasteiger partial charge in [-0.25, -0.2) is 13.1 Å². The minimum atomic E-state index is -3.76. The number of aryl methyl sites for hydroxylation is 1. The molecule has 6 nitrogen and oxygen atoms in total. The highest BCUT2D eigenvalue weighted by molar-refractivity contribution is 7.89. The molecule has 2 aromatic heterocycles. The Kier molecular flexibility index (Phi) is 3.77. The molecule has 7 heteroatoms. The van der Waals surface area contributed by atoms with Gasteiger partial charge in [0.1, 0.15) is 0 Å². The molecule has 0 unspecified atom stereocenters. The van der Waals surface area contributed by atoms with Crippen LogP contribution in [0.2, 0.25) is 0 Å². The fourth-order valence-corrected chi connectivity index (χ4v) is 2.35. The molecule has 100 valence electrons. The van der Waals surface area contributed by atoms with Gasteiger partial charge in [-0.2, -0.15) is 0 Å². The Morgan fingerprint density at radius 1 is 1.32 bits per heavy atom. The first-order valence-corrected chi connectivity index (χ1v) is 6.96. The Hall–Kier alpha value is -1.99. The summed E-state index contributed by atoms with van der Waals surface area (Å²) in [5.74, 6) is -0.0302. The molecule has 0 aliphatic rings.